The maximum atomic E-state index is 6.22. The van der Waals surface area contributed by atoms with Gasteiger partial charge in [-0.2, -0.15) is 0 Å². The minimum atomic E-state index is 0.103. The number of aryl methyl sites for hydroxylation is 1. The molecule has 2 aromatic rings. The summed E-state index contributed by atoms with van der Waals surface area (Å²) in [6.07, 6.45) is 4.70. The summed E-state index contributed by atoms with van der Waals surface area (Å²) < 4.78 is 0. The van der Waals surface area contributed by atoms with Crippen molar-refractivity contribution in [1.82, 2.24) is 9.88 Å². The monoisotopic (exact) mass is 321 g/mol. The number of para-hydroxylation sites is 1. The molecule has 3 aliphatic rings. The molecule has 3 heterocycles. The van der Waals surface area contributed by atoms with Gasteiger partial charge in [0.25, 0.3) is 0 Å². The SMILES string of the molecule is C=C1C[C@H]2[C@H](CN)[C@@H](C)C[C@]23c2[nH]c4ccccc4c2CCCN13. The van der Waals surface area contributed by atoms with Gasteiger partial charge in [0.05, 0.1) is 5.54 Å². The van der Waals surface area contributed by atoms with Gasteiger partial charge in [-0.15, -0.1) is 0 Å². The van der Waals surface area contributed by atoms with Crippen molar-refractivity contribution in [1.29, 1.82) is 0 Å². The number of H-pyrrole nitrogens is 1. The summed E-state index contributed by atoms with van der Waals surface area (Å²) in [5.41, 5.74) is 12.0. The summed E-state index contributed by atoms with van der Waals surface area (Å²) in [7, 11) is 0. The highest BCUT2D eigenvalue weighted by atomic mass is 15.3. The lowest BCUT2D eigenvalue weighted by Crippen LogP contribution is -2.43. The molecule has 3 nitrogen and oxygen atoms in total. The van der Waals surface area contributed by atoms with E-state index in [1.54, 1.807) is 5.56 Å². The predicted octanol–water partition coefficient (Wildman–Crippen LogP) is 3.76. The zero-order chi connectivity index (χ0) is 16.5. The Morgan fingerprint density at radius 3 is 3.04 bits per heavy atom. The molecule has 5 rings (SSSR count). The van der Waals surface area contributed by atoms with Crippen LogP contribution in [0.4, 0.5) is 0 Å². The van der Waals surface area contributed by atoms with Crippen LogP contribution in [-0.2, 0) is 12.0 Å². The first-order valence-electron chi connectivity index (χ1n) is 9.42. The highest BCUT2D eigenvalue weighted by Gasteiger charge is 2.61. The van der Waals surface area contributed by atoms with Crippen molar-refractivity contribution in [3.05, 3.63) is 47.8 Å². The second kappa shape index (κ2) is 4.89. The molecule has 1 aromatic carbocycles. The topological polar surface area (TPSA) is 45.1 Å². The maximum Gasteiger partial charge on any atom is 0.0839 e. The molecule has 0 unspecified atom stereocenters. The Labute approximate surface area is 143 Å². The third kappa shape index (κ3) is 1.61. The highest BCUT2D eigenvalue weighted by molar-refractivity contribution is 5.85. The van der Waals surface area contributed by atoms with Crippen LogP contribution in [0.2, 0.25) is 0 Å². The molecule has 2 fully saturated rings. The molecule has 4 atom stereocenters. The van der Waals surface area contributed by atoms with Crippen molar-refractivity contribution in [3.8, 4) is 0 Å². The Morgan fingerprint density at radius 1 is 1.38 bits per heavy atom. The normalized spacial score (nSPS) is 35.0. The Balaban J connectivity index is 1.79. The number of rotatable bonds is 1. The molecule has 0 radical (unpaired) electrons. The van der Waals surface area contributed by atoms with E-state index in [-0.39, 0.29) is 5.54 Å². The quantitative estimate of drug-likeness (QED) is 0.840. The summed E-state index contributed by atoms with van der Waals surface area (Å²) in [6.45, 7) is 8.78. The van der Waals surface area contributed by atoms with Crippen molar-refractivity contribution in [2.45, 2.75) is 38.1 Å². The number of nitrogens with two attached hydrogens (primary N) is 1. The van der Waals surface area contributed by atoms with Gasteiger partial charge in [0.15, 0.2) is 0 Å². The molecule has 24 heavy (non-hydrogen) atoms. The van der Waals surface area contributed by atoms with Crippen LogP contribution in [0.1, 0.15) is 37.4 Å². The molecule has 1 saturated carbocycles. The molecule has 1 aliphatic carbocycles. The predicted molar refractivity (Wildman–Crippen MR) is 98.6 cm³/mol. The molecule has 3 heteroatoms. The molecular formula is C21H27N3. The van der Waals surface area contributed by atoms with Crippen molar-refractivity contribution >= 4 is 10.9 Å². The number of fused-ring (bicyclic) bond motifs is 3. The molecule has 1 spiro atoms. The third-order valence-electron chi connectivity index (χ3n) is 7.14. The van der Waals surface area contributed by atoms with Crippen LogP contribution < -0.4 is 5.73 Å². The third-order valence-corrected chi connectivity index (χ3v) is 7.14. The van der Waals surface area contributed by atoms with Gasteiger partial charge in [-0.05, 0) is 61.6 Å². The maximum absolute atomic E-state index is 6.22. The number of benzene rings is 1. The second-order valence-electron chi connectivity index (χ2n) is 8.16. The van der Waals surface area contributed by atoms with E-state index in [0.717, 1.165) is 19.5 Å². The van der Waals surface area contributed by atoms with Crippen molar-refractivity contribution < 1.29 is 0 Å². The first-order valence-corrected chi connectivity index (χ1v) is 9.42. The van der Waals surface area contributed by atoms with E-state index in [9.17, 15) is 0 Å². The van der Waals surface area contributed by atoms with E-state index in [2.05, 4.69) is 47.7 Å². The van der Waals surface area contributed by atoms with E-state index in [4.69, 9.17) is 5.73 Å². The number of aromatic amines is 1. The van der Waals surface area contributed by atoms with Gasteiger partial charge in [-0.1, -0.05) is 31.7 Å². The van der Waals surface area contributed by atoms with E-state index in [0.29, 0.717) is 17.8 Å². The van der Waals surface area contributed by atoms with Gasteiger partial charge < -0.3 is 15.6 Å². The fourth-order valence-electron chi connectivity index (χ4n) is 6.24. The fourth-order valence-corrected chi connectivity index (χ4v) is 6.24. The van der Waals surface area contributed by atoms with Crippen molar-refractivity contribution in [3.63, 3.8) is 0 Å². The van der Waals surface area contributed by atoms with Gasteiger partial charge >= 0.3 is 0 Å². The molecule has 0 bridgehead atoms. The summed E-state index contributed by atoms with van der Waals surface area (Å²) in [6, 6.07) is 8.82. The smallest absolute Gasteiger partial charge is 0.0839 e. The van der Waals surface area contributed by atoms with E-state index >= 15 is 0 Å². The zero-order valence-corrected chi connectivity index (χ0v) is 14.5. The van der Waals surface area contributed by atoms with Gasteiger partial charge in [-0.3, -0.25) is 0 Å². The van der Waals surface area contributed by atoms with Crippen LogP contribution in [0.5, 0.6) is 0 Å². The highest BCUT2D eigenvalue weighted by Crippen LogP contribution is 2.62. The summed E-state index contributed by atoms with van der Waals surface area (Å²) in [5.74, 6) is 1.88. The largest absolute Gasteiger partial charge is 0.364 e. The average Bonchev–Trinajstić information content (AvgIpc) is 3.12. The number of allylic oxidation sites excluding steroid dienone is 1. The number of nitrogens with zero attached hydrogens (tertiary/aromatic N) is 1. The molecule has 1 aromatic heterocycles. The van der Waals surface area contributed by atoms with E-state index in [1.807, 2.05) is 0 Å². The van der Waals surface area contributed by atoms with Crippen LogP contribution in [0.25, 0.3) is 10.9 Å². The van der Waals surface area contributed by atoms with E-state index < -0.39 is 0 Å². The number of nitrogens with one attached hydrogen (secondary N) is 1. The van der Waals surface area contributed by atoms with Gasteiger partial charge in [0.1, 0.15) is 0 Å². The minimum Gasteiger partial charge on any atom is -0.364 e. The summed E-state index contributed by atoms with van der Waals surface area (Å²) >= 11 is 0. The number of hydrogen-bond acceptors (Lipinski definition) is 2. The zero-order valence-electron chi connectivity index (χ0n) is 14.5. The fraction of sp³-hybridized carbons (Fsp3) is 0.524. The second-order valence-corrected chi connectivity index (χ2v) is 8.16. The Hall–Kier alpha value is -1.74. The van der Waals surface area contributed by atoms with Crippen LogP contribution in [0.15, 0.2) is 36.5 Å². The molecule has 1 saturated heterocycles. The lowest BCUT2D eigenvalue weighted by molar-refractivity contribution is 0.128. The molecule has 3 N–H and O–H groups in total. The molecule has 2 aliphatic heterocycles. The van der Waals surface area contributed by atoms with Gasteiger partial charge in [0.2, 0.25) is 0 Å². The number of hydrogen-bond donors (Lipinski definition) is 2. The lowest BCUT2D eigenvalue weighted by atomic mass is 9.79. The minimum absolute atomic E-state index is 0.103. The molecule has 126 valence electrons. The Morgan fingerprint density at radius 2 is 2.21 bits per heavy atom. The van der Waals surface area contributed by atoms with Crippen LogP contribution in [0.3, 0.4) is 0 Å². The first kappa shape index (κ1) is 14.6. The average molecular weight is 321 g/mol. The standard InChI is InChI=1S/C21H27N3/c1-13-11-21-18(17(13)12-22)10-14(2)24(21)9-5-7-16-15-6-3-4-8-19(15)23-20(16)21/h3-4,6,8,13,17-18,23H,2,5,7,9-12,22H2,1H3/t13-,17+,18-,21+/m0/s1. The van der Waals surface area contributed by atoms with Gasteiger partial charge in [0, 0.05) is 28.8 Å². The summed E-state index contributed by atoms with van der Waals surface area (Å²) in [5, 5.41) is 1.42. The first-order chi connectivity index (χ1) is 11.7. The molecular weight excluding hydrogens is 294 g/mol. The van der Waals surface area contributed by atoms with Crippen LogP contribution >= 0.6 is 0 Å². The summed E-state index contributed by atoms with van der Waals surface area (Å²) in [4.78, 5) is 6.51. The number of aromatic nitrogens is 1. The van der Waals surface area contributed by atoms with Gasteiger partial charge in [-0.25, -0.2) is 0 Å². The van der Waals surface area contributed by atoms with Crippen molar-refractivity contribution in [2.75, 3.05) is 13.1 Å². The van der Waals surface area contributed by atoms with Crippen LogP contribution in [0, 0.1) is 17.8 Å². The molecule has 0 amide bonds. The Bertz CT molecular complexity index is 820. The van der Waals surface area contributed by atoms with Crippen LogP contribution in [-0.4, -0.2) is 23.0 Å². The Kier molecular flexibility index (Phi) is 2.97. The van der Waals surface area contributed by atoms with Crippen molar-refractivity contribution in [2.24, 2.45) is 23.5 Å². The van der Waals surface area contributed by atoms with E-state index in [1.165, 1.54) is 41.6 Å². The lowest BCUT2D eigenvalue weighted by Gasteiger charge is -2.40.